The van der Waals surface area contributed by atoms with Gasteiger partial charge in [0.15, 0.2) is 5.78 Å². The van der Waals surface area contributed by atoms with Crippen LogP contribution in [0.15, 0.2) is 35.9 Å². The van der Waals surface area contributed by atoms with Gasteiger partial charge in [0.1, 0.15) is 5.60 Å². The number of ketones is 1. The topological polar surface area (TPSA) is 81.7 Å². The molecule has 1 N–H and O–H groups in total. The molecule has 0 unspecified atom stereocenters. The van der Waals surface area contributed by atoms with Crippen LogP contribution < -0.4 is 5.32 Å². The van der Waals surface area contributed by atoms with Crippen LogP contribution >= 0.6 is 0 Å². The average molecular weight is 387 g/mol. The average Bonchev–Trinajstić information content (AvgIpc) is 2.83. The number of amides is 1. The summed E-state index contributed by atoms with van der Waals surface area (Å²) in [5.74, 6) is -0.580. The first-order valence-corrected chi connectivity index (χ1v) is 9.45. The summed E-state index contributed by atoms with van der Waals surface area (Å²) in [5.41, 5.74) is 0.484. The zero-order valence-electron chi connectivity index (χ0n) is 17.4. The molecule has 28 heavy (non-hydrogen) atoms. The lowest BCUT2D eigenvalue weighted by atomic mass is 9.75. The highest BCUT2D eigenvalue weighted by atomic mass is 16.6. The number of nitrogens with one attached hydrogen (secondary N) is 1. The molecular weight excluding hydrogens is 358 g/mol. The predicted molar refractivity (Wildman–Crippen MR) is 106 cm³/mol. The Balaban J connectivity index is 2.39. The minimum absolute atomic E-state index is 0.0687. The highest BCUT2D eigenvalue weighted by molar-refractivity contribution is 6.05. The summed E-state index contributed by atoms with van der Waals surface area (Å²) in [5, 5.41) is 2.81. The van der Waals surface area contributed by atoms with Crippen LogP contribution in [0.4, 0.5) is 4.79 Å². The first-order valence-electron chi connectivity index (χ1n) is 9.45. The van der Waals surface area contributed by atoms with Crippen molar-refractivity contribution in [3.05, 3.63) is 47.0 Å². The highest BCUT2D eigenvalue weighted by Gasteiger charge is 2.48. The Hall–Kier alpha value is -2.63. The fourth-order valence-corrected chi connectivity index (χ4v) is 3.57. The van der Waals surface area contributed by atoms with Gasteiger partial charge < -0.3 is 14.8 Å². The lowest BCUT2D eigenvalue weighted by molar-refractivity contribution is -0.137. The van der Waals surface area contributed by atoms with Gasteiger partial charge in [-0.3, -0.25) is 4.79 Å². The van der Waals surface area contributed by atoms with Crippen molar-refractivity contribution in [1.82, 2.24) is 5.32 Å². The highest BCUT2D eigenvalue weighted by Crippen LogP contribution is 2.41. The second kappa shape index (κ2) is 8.17. The minimum atomic E-state index is -0.937. The standard InChI is InChI=1S/C22H29NO5/c1-7-27-17(24)12-14(2)18(23-20(26)28-21(3,4)5)22(6)13-15-10-8-9-11-16(15)19(22)25/h8-12,18H,7,13H2,1-6H3,(H,23,26)/b14-12+/t18-,22+/m0/s1. The van der Waals surface area contributed by atoms with Gasteiger partial charge >= 0.3 is 12.1 Å². The number of carbonyl (C=O) groups excluding carboxylic acids is 3. The van der Waals surface area contributed by atoms with Crippen molar-refractivity contribution < 1.29 is 23.9 Å². The molecular formula is C22H29NO5. The van der Waals surface area contributed by atoms with E-state index in [4.69, 9.17) is 9.47 Å². The summed E-state index contributed by atoms with van der Waals surface area (Å²) >= 11 is 0. The van der Waals surface area contributed by atoms with Gasteiger partial charge in [0, 0.05) is 11.6 Å². The van der Waals surface area contributed by atoms with Gasteiger partial charge in [-0.1, -0.05) is 24.3 Å². The van der Waals surface area contributed by atoms with Crippen LogP contribution in [0.2, 0.25) is 0 Å². The van der Waals surface area contributed by atoms with Gasteiger partial charge in [-0.05, 0) is 59.1 Å². The molecule has 0 aromatic heterocycles. The number of benzene rings is 1. The molecule has 0 heterocycles. The molecule has 1 aliphatic carbocycles. The van der Waals surface area contributed by atoms with E-state index in [0.29, 0.717) is 17.6 Å². The molecule has 1 amide bonds. The zero-order valence-corrected chi connectivity index (χ0v) is 17.4. The monoisotopic (exact) mass is 387 g/mol. The van der Waals surface area contributed by atoms with Crippen LogP contribution in [0.5, 0.6) is 0 Å². The fourth-order valence-electron chi connectivity index (χ4n) is 3.57. The SMILES string of the molecule is CCOC(=O)/C=C(\C)[C@H](NC(=O)OC(C)(C)C)[C@@]1(C)Cc2ccccc2C1=O. The second-order valence-corrected chi connectivity index (χ2v) is 8.30. The summed E-state index contributed by atoms with van der Waals surface area (Å²) < 4.78 is 10.4. The Morgan fingerprint density at radius 3 is 2.50 bits per heavy atom. The van der Waals surface area contributed by atoms with E-state index >= 15 is 0 Å². The molecule has 0 bridgehead atoms. The zero-order chi connectivity index (χ0) is 21.1. The third-order valence-electron chi connectivity index (χ3n) is 4.72. The van der Waals surface area contributed by atoms with E-state index in [1.165, 1.54) is 6.08 Å². The maximum atomic E-state index is 13.2. The Bertz CT molecular complexity index is 805. The predicted octanol–water partition coefficient (Wildman–Crippen LogP) is 3.83. The second-order valence-electron chi connectivity index (χ2n) is 8.30. The van der Waals surface area contributed by atoms with Gasteiger partial charge in [0.25, 0.3) is 0 Å². The van der Waals surface area contributed by atoms with Crippen LogP contribution in [0.1, 0.15) is 57.5 Å². The van der Waals surface area contributed by atoms with Crippen molar-refractivity contribution >= 4 is 17.8 Å². The quantitative estimate of drug-likeness (QED) is 0.613. The smallest absolute Gasteiger partial charge is 0.408 e. The van der Waals surface area contributed by atoms with Gasteiger partial charge in [0.05, 0.1) is 18.1 Å². The molecule has 0 saturated heterocycles. The Morgan fingerprint density at radius 2 is 1.93 bits per heavy atom. The fraction of sp³-hybridized carbons (Fsp3) is 0.500. The van der Waals surface area contributed by atoms with E-state index in [1.54, 1.807) is 47.6 Å². The summed E-state index contributed by atoms with van der Waals surface area (Å²) in [6.07, 6.45) is 1.14. The number of alkyl carbamates (subject to hydrolysis) is 1. The van der Waals surface area contributed by atoms with Gasteiger partial charge in [0.2, 0.25) is 0 Å². The van der Waals surface area contributed by atoms with Gasteiger partial charge in [-0.15, -0.1) is 0 Å². The molecule has 6 heteroatoms. The number of hydrogen-bond acceptors (Lipinski definition) is 5. The third-order valence-corrected chi connectivity index (χ3v) is 4.72. The summed E-state index contributed by atoms with van der Waals surface area (Å²) in [6, 6.07) is 6.69. The molecule has 152 valence electrons. The van der Waals surface area contributed by atoms with Crippen molar-refractivity contribution in [3.63, 3.8) is 0 Å². The molecule has 1 aliphatic rings. The Labute approximate surface area is 166 Å². The number of esters is 1. The molecule has 0 fully saturated rings. The summed E-state index contributed by atoms with van der Waals surface area (Å²) in [7, 11) is 0. The lowest BCUT2D eigenvalue weighted by Crippen LogP contribution is -2.51. The van der Waals surface area contributed by atoms with Crippen LogP contribution in [0.3, 0.4) is 0 Å². The lowest BCUT2D eigenvalue weighted by Gasteiger charge is -2.34. The Kier molecular flexibility index (Phi) is 6.32. The van der Waals surface area contributed by atoms with Gasteiger partial charge in [-0.25, -0.2) is 9.59 Å². The normalized spacial score (nSPS) is 20.4. The van der Waals surface area contributed by atoms with Crippen molar-refractivity contribution in [1.29, 1.82) is 0 Å². The molecule has 6 nitrogen and oxygen atoms in total. The molecule has 1 aromatic rings. The number of ether oxygens (including phenoxy) is 2. The largest absolute Gasteiger partial charge is 0.463 e. The molecule has 0 radical (unpaired) electrons. The van der Waals surface area contributed by atoms with Crippen molar-refractivity contribution in [2.75, 3.05) is 6.61 Å². The minimum Gasteiger partial charge on any atom is -0.463 e. The molecule has 0 saturated carbocycles. The van der Waals surface area contributed by atoms with E-state index in [9.17, 15) is 14.4 Å². The number of carbonyl (C=O) groups is 3. The van der Waals surface area contributed by atoms with E-state index in [-0.39, 0.29) is 12.4 Å². The van der Waals surface area contributed by atoms with Gasteiger partial charge in [-0.2, -0.15) is 0 Å². The van der Waals surface area contributed by atoms with Crippen molar-refractivity contribution in [3.8, 4) is 0 Å². The summed E-state index contributed by atoms with van der Waals surface area (Å²) in [6.45, 7) is 10.8. The van der Waals surface area contributed by atoms with Crippen LogP contribution in [0, 0.1) is 5.41 Å². The molecule has 2 rings (SSSR count). The van der Waals surface area contributed by atoms with Crippen LogP contribution in [0.25, 0.3) is 0 Å². The molecule has 1 aromatic carbocycles. The Morgan fingerprint density at radius 1 is 1.29 bits per heavy atom. The van der Waals surface area contributed by atoms with Crippen LogP contribution in [-0.2, 0) is 20.7 Å². The number of hydrogen-bond donors (Lipinski definition) is 1. The number of rotatable bonds is 5. The van der Waals surface area contributed by atoms with E-state index in [0.717, 1.165) is 5.56 Å². The number of fused-ring (bicyclic) bond motifs is 1. The van der Waals surface area contributed by atoms with E-state index in [1.807, 2.05) is 18.2 Å². The van der Waals surface area contributed by atoms with Crippen molar-refractivity contribution in [2.24, 2.45) is 5.41 Å². The van der Waals surface area contributed by atoms with Crippen LogP contribution in [-0.4, -0.2) is 36.1 Å². The first-order chi connectivity index (χ1) is 13.0. The van der Waals surface area contributed by atoms with E-state index in [2.05, 4.69) is 5.32 Å². The maximum Gasteiger partial charge on any atom is 0.408 e. The first kappa shape index (κ1) is 21.7. The number of Topliss-reactive ketones (excluding diaryl/α,β-unsaturated/α-hetero) is 1. The van der Waals surface area contributed by atoms with Crippen molar-refractivity contribution in [2.45, 2.75) is 59.6 Å². The maximum absolute atomic E-state index is 13.2. The molecule has 0 aliphatic heterocycles. The van der Waals surface area contributed by atoms with E-state index < -0.39 is 29.1 Å². The molecule has 0 spiro atoms. The third kappa shape index (κ3) is 4.80. The summed E-state index contributed by atoms with van der Waals surface area (Å²) in [4.78, 5) is 37.6. The molecule has 2 atom stereocenters.